The molecule has 0 bridgehead atoms. The van der Waals surface area contributed by atoms with E-state index >= 15 is 0 Å². The van der Waals surface area contributed by atoms with Crippen LogP contribution < -0.4 is 2.85 Å². The fraction of sp³-hybridized carbons (Fsp3) is 0.143. The van der Waals surface area contributed by atoms with Gasteiger partial charge in [0, 0.05) is 0 Å². The summed E-state index contributed by atoms with van der Waals surface area (Å²) in [6.45, 7) is 2.03. The van der Waals surface area contributed by atoms with Gasteiger partial charge in [-0.25, -0.2) is 0 Å². The molecule has 0 aromatic heterocycles. The molecule has 12 heavy (non-hydrogen) atoms. The van der Waals surface area contributed by atoms with Crippen molar-refractivity contribution in [2.45, 2.75) is 6.92 Å². The van der Waals surface area contributed by atoms with Gasteiger partial charge in [-0.2, -0.15) is 0 Å². The van der Waals surface area contributed by atoms with Crippen LogP contribution in [0.4, 0.5) is 0 Å². The van der Waals surface area contributed by atoms with Crippen LogP contribution in [-0.4, -0.2) is 0 Å². The standard InChI is InChI=1S/C7H8O.3BrH.Hf/c1-6-4-2-3-5-7(6)8;;;;/h2-5,8H,1H3;3*1H;/q;;;;+4/p-4. The van der Waals surface area contributed by atoms with Crippen molar-refractivity contribution in [1.82, 2.24) is 0 Å². The number of benzene rings is 1. The second-order valence-corrected chi connectivity index (χ2v) is 59.8. The van der Waals surface area contributed by atoms with Crippen LogP contribution in [-0.2, 0) is 13.4 Å². The maximum absolute atomic E-state index is 5.70. The maximum atomic E-state index is 5.70. The van der Waals surface area contributed by atoms with Crippen molar-refractivity contribution in [3.05, 3.63) is 29.8 Å². The van der Waals surface area contributed by atoms with Crippen molar-refractivity contribution in [2.75, 3.05) is 0 Å². The summed E-state index contributed by atoms with van der Waals surface area (Å²) >= 11 is 7.66. The van der Waals surface area contributed by atoms with Crippen LogP contribution >= 0.6 is 36.9 Å². The molecule has 66 valence electrons. The molecule has 0 fully saturated rings. The second-order valence-electron chi connectivity index (χ2n) is 2.31. The Bertz CT molecular complexity index is 272. The molecule has 0 saturated heterocycles. The third-order valence-corrected chi connectivity index (χ3v) is 6.92. The van der Waals surface area contributed by atoms with E-state index in [2.05, 4.69) is 36.9 Å². The van der Waals surface area contributed by atoms with Gasteiger partial charge in [-0.15, -0.1) is 0 Å². The van der Waals surface area contributed by atoms with Crippen LogP contribution in [0.5, 0.6) is 5.75 Å². The molecule has 0 radical (unpaired) electrons. The van der Waals surface area contributed by atoms with Crippen molar-refractivity contribution >= 4 is 36.9 Å². The first-order valence-electron chi connectivity index (χ1n) is 3.30. The molecule has 0 aliphatic heterocycles. The fourth-order valence-electron chi connectivity index (χ4n) is 0.796. The molecule has 1 nitrogen and oxygen atoms in total. The van der Waals surface area contributed by atoms with Crippen LogP contribution in [0, 0.1) is 6.92 Å². The topological polar surface area (TPSA) is 9.23 Å². The Balaban J connectivity index is 2.83. The number of rotatable bonds is 2. The Kier molecular flexibility index (Phi) is 4.48. The van der Waals surface area contributed by atoms with Gasteiger partial charge < -0.3 is 0 Å². The van der Waals surface area contributed by atoms with Crippen LogP contribution in [0.25, 0.3) is 0 Å². The molecule has 1 rings (SSSR count). The number of hydrogen-bond donors (Lipinski definition) is 0. The van der Waals surface area contributed by atoms with Gasteiger partial charge in [-0.05, 0) is 0 Å². The van der Waals surface area contributed by atoms with Gasteiger partial charge in [0.05, 0.1) is 0 Å². The molecule has 5 heteroatoms. The van der Waals surface area contributed by atoms with Gasteiger partial charge in [0.2, 0.25) is 0 Å². The van der Waals surface area contributed by atoms with E-state index in [4.69, 9.17) is 2.85 Å². The summed E-state index contributed by atoms with van der Waals surface area (Å²) in [5.41, 5.74) is 1.15. The third kappa shape index (κ3) is 4.03. The van der Waals surface area contributed by atoms with Gasteiger partial charge in [0.1, 0.15) is 0 Å². The number of halogens is 3. The first-order valence-corrected chi connectivity index (χ1v) is 28.3. The average Bonchev–Trinajstić information content (AvgIpc) is 1.91. The quantitative estimate of drug-likeness (QED) is 0.522. The van der Waals surface area contributed by atoms with Crippen molar-refractivity contribution in [3.8, 4) is 5.75 Å². The molecule has 0 atom stereocenters. The molecular formula is C7H7Br3HfO. The molecule has 0 spiro atoms. The molecule has 0 heterocycles. The first kappa shape index (κ1) is 11.4. The minimum absolute atomic E-state index is 0.935. The second kappa shape index (κ2) is 4.71. The Labute approximate surface area is 94.3 Å². The number of para-hydroxylation sites is 1. The summed E-state index contributed by atoms with van der Waals surface area (Å²) in [5, 5.41) is 0. The Morgan fingerprint density at radius 3 is 2.25 bits per heavy atom. The van der Waals surface area contributed by atoms with E-state index < -0.39 is 13.4 Å². The average molecular weight is 525 g/mol. The SMILES string of the molecule is Cc1ccccc1[O][Hf]([Br])([Br])[Br]. The summed E-state index contributed by atoms with van der Waals surface area (Å²) in [4.78, 5) is 0. The molecule has 0 aliphatic carbocycles. The van der Waals surface area contributed by atoms with E-state index in [0.717, 1.165) is 11.3 Å². The first-order chi connectivity index (χ1) is 5.49. The molecule has 1 aromatic rings. The summed E-state index contributed by atoms with van der Waals surface area (Å²) < 4.78 is 5.70. The molecule has 1 aromatic carbocycles. The van der Waals surface area contributed by atoms with E-state index in [9.17, 15) is 0 Å². The van der Waals surface area contributed by atoms with Crippen LogP contribution in [0.1, 0.15) is 5.56 Å². The van der Waals surface area contributed by atoms with Gasteiger partial charge in [0.15, 0.2) is 0 Å². The van der Waals surface area contributed by atoms with Crippen molar-refractivity contribution in [1.29, 1.82) is 0 Å². The summed E-state index contributed by atoms with van der Waals surface area (Å²) in [7, 11) is 0. The Morgan fingerprint density at radius 2 is 1.75 bits per heavy atom. The van der Waals surface area contributed by atoms with Crippen molar-refractivity contribution in [2.24, 2.45) is 0 Å². The van der Waals surface area contributed by atoms with Crippen molar-refractivity contribution < 1.29 is 16.3 Å². The zero-order chi connectivity index (χ0) is 9.19. The van der Waals surface area contributed by atoms with Gasteiger partial charge in [0.25, 0.3) is 0 Å². The normalized spacial score (nSPS) is 11.3. The van der Waals surface area contributed by atoms with E-state index in [1.54, 1.807) is 0 Å². The Morgan fingerprint density at radius 1 is 1.17 bits per heavy atom. The molecule has 0 aliphatic rings. The molecule has 0 unspecified atom stereocenters. The van der Waals surface area contributed by atoms with Crippen LogP contribution in [0.15, 0.2) is 24.3 Å². The molecule has 0 saturated carbocycles. The molecular weight excluding hydrogens is 518 g/mol. The summed E-state index contributed by atoms with van der Waals surface area (Å²) in [6.07, 6.45) is 0. The number of aryl methyl sites for hydroxylation is 1. The number of hydrogen-bond acceptors (Lipinski definition) is 1. The summed E-state index contributed by atoms with van der Waals surface area (Å²) in [5.74, 6) is 0.935. The monoisotopic (exact) mass is 524 g/mol. The zero-order valence-corrected chi connectivity index (χ0v) is 14.7. The predicted molar refractivity (Wildman–Crippen MR) is 58.6 cm³/mol. The van der Waals surface area contributed by atoms with Gasteiger partial charge in [-0.3, -0.25) is 0 Å². The summed E-state index contributed by atoms with van der Waals surface area (Å²) in [6, 6.07) is 7.96. The zero-order valence-electron chi connectivity index (χ0n) is 6.35. The van der Waals surface area contributed by atoms with E-state index in [1.807, 2.05) is 31.2 Å². The minimum atomic E-state index is -2.79. The van der Waals surface area contributed by atoms with Crippen LogP contribution in [0.2, 0.25) is 0 Å². The van der Waals surface area contributed by atoms with E-state index in [-0.39, 0.29) is 0 Å². The van der Waals surface area contributed by atoms with Crippen molar-refractivity contribution in [3.63, 3.8) is 0 Å². The molecule has 0 amide bonds. The van der Waals surface area contributed by atoms with Crippen LogP contribution in [0.3, 0.4) is 0 Å². The third-order valence-electron chi connectivity index (χ3n) is 1.32. The van der Waals surface area contributed by atoms with Gasteiger partial charge in [-0.1, -0.05) is 0 Å². The fourth-order valence-corrected chi connectivity index (χ4v) is 6.80. The molecule has 0 N–H and O–H groups in total. The van der Waals surface area contributed by atoms with Gasteiger partial charge >= 0.3 is 95.7 Å². The Hall–Kier alpha value is 1.33. The van der Waals surface area contributed by atoms with E-state index in [1.165, 1.54) is 0 Å². The predicted octanol–water partition coefficient (Wildman–Crippen LogP) is 4.37. The van der Waals surface area contributed by atoms with E-state index in [0.29, 0.717) is 0 Å².